The van der Waals surface area contributed by atoms with Crippen LogP contribution in [0.1, 0.15) is 44.5 Å². The molecule has 0 aromatic carbocycles. The lowest BCUT2D eigenvalue weighted by atomic mass is 10.2. The second kappa shape index (κ2) is 6.22. The number of rotatable bonds is 7. The van der Waals surface area contributed by atoms with Crippen molar-refractivity contribution < 1.29 is 0 Å². The van der Waals surface area contributed by atoms with Gasteiger partial charge in [-0.1, -0.05) is 6.92 Å². The van der Waals surface area contributed by atoms with Crippen LogP contribution in [0.3, 0.4) is 0 Å². The van der Waals surface area contributed by atoms with Crippen LogP contribution in [0.2, 0.25) is 0 Å². The Morgan fingerprint density at radius 3 is 2.53 bits per heavy atom. The summed E-state index contributed by atoms with van der Waals surface area (Å²) in [6.07, 6.45) is 3.86. The molecule has 0 unspecified atom stereocenters. The molecule has 0 atom stereocenters. The molecule has 0 bridgehead atoms. The highest BCUT2D eigenvalue weighted by atomic mass is 15.2. The first-order chi connectivity index (χ1) is 9.15. The van der Waals surface area contributed by atoms with Crippen LogP contribution >= 0.6 is 0 Å². The number of nitrogens with zero attached hydrogens (tertiary/aromatic N) is 3. The van der Waals surface area contributed by atoms with E-state index in [1.54, 1.807) is 0 Å². The molecule has 0 radical (unpaired) electrons. The molecule has 1 N–H and O–H groups in total. The van der Waals surface area contributed by atoms with E-state index in [9.17, 15) is 0 Å². The smallest absolute Gasteiger partial charge is 0.137 e. The van der Waals surface area contributed by atoms with Gasteiger partial charge in [0.2, 0.25) is 0 Å². The molecule has 4 heteroatoms. The molecule has 0 aliphatic heterocycles. The number of hydrogen-bond acceptors (Lipinski definition) is 4. The van der Waals surface area contributed by atoms with Gasteiger partial charge >= 0.3 is 0 Å². The summed E-state index contributed by atoms with van der Waals surface area (Å²) >= 11 is 0. The van der Waals surface area contributed by atoms with Crippen molar-refractivity contribution in [1.82, 2.24) is 9.97 Å². The van der Waals surface area contributed by atoms with Gasteiger partial charge in [0.1, 0.15) is 17.5 Å². The molecule has 0 amide bonds. The Morgan fingerprint density at radius 1 is 1.21 bits per heavy atom. The topological polar surface area (TPSA) is 41.1 Å². The van der Waals surface area contributed by atoms with Gasteiger partial charge in [-0.05, 0) is 46.0 Å². The minimum Gasteiger partial charge on any atom is -0.370 e. The first kappa shape index (κ1) is 14.1. The standard InChI is InChI=1S/C15H26N4/c1-5-9-16-14-11(3)15(18-12(4)17-14)19(6-2)10-13-7-8-13/h13H,5-10H2,1-4H3,(H,16,17,18). The van der Waals surface area contributed by atoms with Gasteiger partial charge in [-0.25, -0.2) is 9.97 Å². The van der Waals surface area contributed by atoms with Crippen molar-refractivity contribution in [2.45, 2.75) is 47.0 Å². The predicted molar refractivity (Wildman–Crippen MR) is 80.9 cm³/mol. The van der Waals surface area contributed by atoms with E-state index in [0.29, 0.717) is 0 Å². The van der Waals surface area contributed by atoms with Crippen LogP contribution in [0.5, 0.6) is 0 Å². The lowest BCUT2D eigenvalue weighted by Gasteiger charge is -2.25. The number of nitrogens with one attached hydrogen (secondary N) is 1. The fourth-order valence-corrected chi connectivity index (χ4v) is 2.31. The van der Waals surface area contributed by atoms with Crippen LogP contribution in [0.4, 0.5) is 11.6 Å². The average molecular weight is 262 g/mol. The first-order valence-electron chi connectivity index (χ1n) is 7.49. The highest BCUT2D eigenvalue weighted by Crippen LogP contribution is 2.32. The summed E-state index contributed by atoms with van der Waals surface area (Å²) in [4.78, 5) is 11.6. The first-order valence-corrected chi connectivity index (χ1v) is 7.49. The minimum absolute atomic E-state index is 0.855. The third-order valence-corrected chi connectivity index (χ3v) is 3.63. The van der Waals surface area contributed by atoms with Gasteiger partial charge in [-0.15, -0.1) is 0 Å². The average Bonchev–Trinajstić information content (AvgIpc) is 3.20. The van der Waals surface area contributed by atoms with Crippen molar-refractivity contribution in [1.29, 1.82) is 0 Å². The van der Waals surface area contributed by atoms with Crippen molar-refractivity contribution in [3.8, 4) is 0 Å². The van der Waals surface area contributed by atoms with Crippen LogP contribution < -0.4 is 10.2 Å². The van der Waals surface area contributed by atoms with Crippen LogP contribution in [0.25, 0.3) is 0 Å². The molecule has 1 fully saturated rings. The molecule has 4 nitrogen and oxygen atoms in total. The van der Waals surface area contributed by atoms with E-state index >= 15 is 0 Å². The third-order valence-electron chi connectivity index (χ3n) is 3.63. The maximum absolute atomic E-state index is 4.67. The largest absolute Gasteiger partial charge is 0.370 e. The van der Waals surface area contributed by atoms with E-state index in [1.807, 2.05) is 6.92 Å². The molecule has 106 valence electrons. The second-order valence-electron chi connectivity index (χ2n) is 5.48. The zero-order chi connectivity index (χ0) is 13.8. The van der Waals surface area contributed by atoms with Gasteiger partial charge in [0.05, 0.1) is 0 Å². The van der Waals surface area contributed by atoms with Crippen LogP contribution in [0.15, 0.2) is 0 Å². The van der Waals surface area contributed by atoms with Gasteiger partial charge in [-0.3, -0.25) is 0 Å². The lowest BCUT2D eigenvalue weighted by Crippen LogP contribution is -2.28. The highest BCUT2D eigenvalue weighted by molar-refractivity contribution is 5.58. The molecular formula is C15H26N4. The molecule has 0 spiro atoms. The van der Waals surface area contributed by atoms with Crippen molar-refractivity contribution in [3.05, 3.63) is 11.4 Å². The molecule has 0 saturated heterocycles. The van der Waals surface area contributed by atoms with Crippen LogP contribution in [-0.4, -0.2) is 29.6 Å². The van der Waals surface area contributed by atoms with Gasteiger partial charge in [0, 0.05) is 25.2 Å². The molecule has 1 aromatic heterocycles. The molecule has 1 aromatic rings. The monoisotopic (exact) mass is 262 g/mol. The number of aryl methyl sites for hydroxylation is 1. The summed E-state index contributed by atoms with van der Waals surface area (Å²) in [7, 11) is 0. The van der Waals surface area contributed by atoms with E-state index in [4.69, 9.17) is 0 Å². The maximum Gasteiger partial charge on any atom is 0.137 e. The van der Waals surface area contributed by atoms with E-state index in [-0.39, 0.29) is 0 Å². The molecule has 2 rings (SSSR count). The fraction of sp³-hybridized carbons (Fsp3) is 0.733. The lowest BCUT2D eigenvalue weighted by molar-refractivity contribution is 0.725. The van der Waals surface area contributed by atoms with E-state index < -0.39 is 0 Å². The Kier molecular flexibility index (Phi) is 4.61. The van der Waals surface area contributed by atoms with Gasteiger partial charge < -0.3 is 10.2 Å². The van der Waals surface area contributed by atoms with Crippen molar-refractivity contribution in [2.24, 2.45) is 5.92 Å². The maximum atomic E-state index is 4.67. The third kappa shape index (κ3) is 3.58. The Hall–Kier alpha value is -1.32. The molecule has 1 saturated carbocycles. The predicted octanol–water partition coefficient (Wildman–Crippen LogP) is 3.15. The zero-order valence-electron chi connectivity index (χ0n) is 12.7. The Labute approximate surface area is 116 Å². The highest BCUT2D eigenvalue weighted by Gasteiger charge is 2.25. The van der Waals surface area contributed by atoms with Crippen LogP contribution in [0, 0.1) is 19.8 Å². The number of anilines is 2. The quantitative estimate of drug-likeness (QED) is 0.819. The van der Waals surface area contributed by atoms with E-state index in [1.165, 1.54) is 18.4 Å². The normalized spacial score (nSPS) is 14.5. The van der Waals surface area contributed by atoms with Gasteiger partial charge in [-0.2, -0.15) is 0 Å². The van der Waals surface area contributed by atoms with Gasteiger partial charge in [0.15, 0.2) is 0 Å². The van der Waals surface area contributed by atoms with E-state index in [2.05, 4.69) is 41.0 Å². The SMILES string of the molecule is CCCNc1nc(C)nc(N(CC)CC2CC2)c1C. The Morgan fingerprint density at radius 2 is 1.95 bits per heavy atom. The summed E-state index contributed by atoms with van der Waals surface area (Å²) < 4.78 is 0. The fourth-order valence-electron chi connectivity index (χ4n) is 2.31. The molecule has 1 aliphatic rings. The number of hydrogen-bond donors (Lipinski definition) is 1. The van der Waals surface area contributed by atoms with Crippen molar-refractivity contribution in [3.63, 3.8) is 0 Å². The van der Waals surface area contributed by atoms with Crippen molar-refractivity contribution >= 4 is 11.6 Å². The summed E-state index contributed by atoms with van der Waals surface area (Å²) in [6, 6.07) is 0. The minimum atomic E-state index is 0.855. The summed E-state index contributed by atoms with van der Waals surface area (Å²) in [6.45, 7) is 11.6. The molecular weight excluding hydrogens is 236 g/mol. The van der Waals surface area contributed by atoms with Gasteiger partial charge in [0.25, 0.3) is 0 Å². The Balaban J connectivity index is 2.23. The van der Waals surface area contributed by atoms with Crippen LogP contribution in [-0.2, 0) is 0 Å². The zero-order valence-corrected chi connectivity index (χ0v) is 12.7. The number of aromatic nitrogens is 2. The molecule has 1 aliphatic carbocycles. The summed E-state index contributed by atoms with van der Waals surface area (Å²) in [5, 5.41) is 3.41. The Bertz CT molecular complexity index is 426. The molecule has 19 heavy (non-hydrogen) atoms. The summed E-state index contributed by atoms with van der Waals surface area (Å²) in [5.74, 6) is 3.84. The van der Waals surface area contributed by atoms with E-state index in [0.717, 1.165) is 49.4 Å². The van der Waals surface area contributed by atoms with Crippen molar-refractivity contribution in [2.75, 3.05) is 29.9 Å². The molecule has 1 heterocycles. The second-order valence-corrected chi connectivity index (χ2v) is 5.48. The summed E-state index contributed by atoms with van der Waals surface area (Å²) in [5.41, 5.74) is 1.18.